The lowest BCUT2D eigenvalue weighted by molar-refractivity contribution is -0.277. The fourth-order valence-electron chi connectivity index (χ4n) is 4.60. The van der Waals surface area contributed by atoms with Crippen LogP contribution in [0.5, 0.6) is 28.7 Å². The first kappa shape index (κ1) is 29.8. The van der Waals surface area contributed by atoms with Crippen LogP contribution in [0.3, 0.4) is 0 Å². The van der Waals surface area contributed by atoms with Crippen molar-refractivity contribution in [3.8, 4) is 40.1 Å². The Morgan fingerprint density at radius 1 is 0.762 bits per heavy atom. The van der Waals surface area contributed by atoms with E-state index in [9.17, 15) is 55.9 Å². The van der Waals surface area contributed by atoms with Gasteiger partial charge in [0, 0.05) is 24.3 Å². The van der Waals surface area contributed by atoms with Gasteiger partial charge in [0.1, 0.15) is 76.7 Å². The van der Waals surface area contributed by atoms with Crippen LogP contribution in [-0.2, 0) is 9.47 Å². The molecule has 228 valence electrons. The summed E-state index contributed by atoms with van der Waals surface area (Å²) in [7, 11) is 0. The molecule has 2 saturated heterocycles. The molecule has 5 rings (SSSR count). The minimum Gasteiger partial charge on any atom is -0.507 e. The zero-order valence-corrected chi connectivity index (χ0v) is 21.4. The van der Waals surface area contributed by atoms with Crippen molar-refractivity contribution in [2.75, 3.05) is 13.2 Å². The minimum atomic E-state index is -1.77. The number of rotatable bonds is 6. The molecule has 9 atom stereocenters. The topological polar surface area (TPSA) is 269 Å². The van der Waals surface area contributed by atoms with E-state index in [1.165, 1.54) is 0 Å². The molecule has 0 amide bonds. The number of phenols is 3. The number of aliphatic hydroxyl groups is 7. The number of hydrogen-bond donors (Lipinski definition) is 10. The number of aromatic hydroxyl groups is 3. The van der Waals surface area contributed by atoms with Gasteiger partial charge in [0.2, 0.25) is 12.6 Å². The van der Waals surface area contributed by atoms with Crippen LogP contribution in [0.15, 0.2) is 39.5 Å². The van der Waals surface area contributed by atoms with Crippen LogP contribution in [0.25, 0.3) is 22.3 Å². The molecule has 2 aromatic carbocycles. The molecule has 0 aliphatic carbocycles. The first-order valence-electron chi connectivity index (χ1n) is 12.6. The predicted molar refractivity (Wildman–Crippen MR) is 136 cm³/mol. The van der Waals surface area contributed by atoms with Gasteiger partial charge in [-0.1, -0.05) is 0 Å². The third kappa shape index (κ3) is 5.42. The average Bonchev–Trinajstić information content (AvgIpc) is 2.94. The third-order valence-electron chi connectivity index (χ3n) is 6.92. The second kappa shape index (κ2) is 11.5. The highest BCUT2D eigenvalue weighted by atomic mass is 16.7. The molecule has 2 aliphatic rings. The number of hydrogen-bond acceptors (Lipinski definition) is 16. The van der Waals surface area contributed by atoms with Crippen molar-refractivity contribution < 1.29 is 74.4 Å². The SMILES string of the molecule is O=c1cc(-c2cc(O)c(O)cc2O[C@@H]2OC[C@H](O)[C@@H](O)[C@@H]2O)oc2cc(O[C@H]3O[C@@H](CO)[C@H](O)[C@H](O)[C@H]3O)cc(O)c12. The first-order chi connectivity index (χ1) is 19.9. The van der Waals surface area contributed by atoms with Crippen molar-refractivity contribution in [3.63, 3.8) is 0 Å². The summed E-state index contributed by atoms with van der Waals surface area (Å²) < 4.78 is 27.4. The maximum absolute atomic E-state index is 13.0. The van der Waals surface area contributed by atoms with Crippen LogP contribution in [0.4, 0.5) is 0 Å². The van der Waals surface area contributed by atoms with Crippen LogP contribution in [0.2, 0.25) is 0 Å². The molecule has 10 N–H and O–H groups in total. The smallest absolute Gasteiger partial charge is 0.229 e. The zero-order valence-electron chi connectivity index (χ0n) is 21.4. The summed E-state index contributed by atoms with van der Waals surface area (Å²) in [5.41, 5.74) is -1.18. The number of benzene rings is 2. The number of phenolic OH excluding ortho intramolecular Hbond substituents is 3. The van der Waals surface area contributed by atoms with Gasteiger partial charge in [0.25, 0.3) is 0 Å². The standard InChI is InChI=1S/C26H28O16/c27-6-18-21(34)22(35)24(37)26(42-18)39-8-1-12(30)19-13(31)5-15(40-17(19)2-8)9-3-10(28)11(29)4-16(9)41-25-23(36)20(33)14(32)7-38-25/h1-5,14,18,20-30,32-37H,6-7H2/t14-,18-,20+,21-,22-,23-,24+,25-,26-/m0/s1. The van der Waals surface area contributed by atoms with Gasteiger partial charge in [-0.3, -0.25) is 4.79 Å². The van der Waals surface area contributed by atoms with E-state index >= 15 is 0 Å². The Labute approximate surface area is 235 Å². The van der Waals surface area contributed by atoms with Crippen LogP contribution in [0, 0.1) is 0 Å². The van der Waals surface area contributed by atoms with Gasteiger partial charge < -0.3 is 74.4 Å². The summed E-state index contributed by atoms with van der Waals surface area (Å²) in [5, 5.41) is 100. The number of ether oxygens (including phenoxy) is 4. The quantitative estimate of drug-likeness (QED) is 0.133. The summed E-state index contributed by atoms with van der Waals surface area (Å²) >= 11 is 0. The minimum absolute atomic E-state index is 0.138. The monoisotopic (exact) mass is 596 g/mol. The molecule has 0 bridgehead atoms. The van der Waals surface area contributed by atoms with Gasteiger partial charge in [-0.25, -0.2) is 0 Å². The lowest BCUT2D eigenvalue weighted by Crippen LogP contribution is -2.60. The predicted octanol–water partition coefficient (Wildman–Crippen LogP) is -2.43. The first-order valence-corrected chi connectivity index (χ1v) is 12.6. The molecule has 16 heteroatoms. The van der Waals surface area contributed by atoms with Gasteiger partial charge in [-0.2, -0.15) is 0 Å². The normalized spacial score (nSPS) is 31.6. The second-order valence-corrected chi connectivity index (χ2v) is 9.81. The van der Waals surface area contributed by atoms with Crippen LogP contribution >= 0.6 is 0 Å². The van der Waals surface area contributed by atoms with Crippen LogP contribution in [0.1, 0.15) is 0 Å². The molecule has 2 fully saturated rings. The van der Waals surface area contributed by atoms with Gasteiger partial charge in [0.05, 0.1) is 18.8 Å². The molecule has 2 aliphatic heterocycles. The lowest BCUT2D eigenvalue weighted by Gasteiger charge is -2.39. The van der Waals surface area contributed by atoms with Gasteiger partial charge in [0.15, 0.2) is 16.9 Å². The van der Waals surface area contributed by atoms with Crippen molar-refractivity contribution >= 4 is 11.0 Å². The Kier molecular flexibility index (Phi) is 8.17. The Balaban J connectivity index is 1.52. The molecule has 42 heavy (non-hydrogen) atoms. The number of aliphatic hydroxyl groups excluding tert-OH is 7. The third-order valence-corrected chi connectivity index (χ3v) is 6.92. The Hall–Kier alpha value is -3.71. The molecule has 0 saturated carbocycles. The Bertz CT molecular complexity index is 1500. The van der Waals surface area contributed by atoms with Crippen molar-refractivity contribution in [2.45, 2.75) is 55.3 Å². The molecule has 1 aromatic heterocycles. The lowest BCUT2D eigenvalue weighted by atomic mass is 9.99. The maximum Gasteiger partial charge on any atom is 0.229 e. The van der Waals surface area contributed by atoms with Crippen molar-refractivity contribution in [1.29, 1.82) is 0 Å². The molecule has 0 spiro atoms. The fourth-order valence-corrected chi connectivity index (χ4v) is 4.60. The highest BCUT2D eigenvalue weighted by Crippen LogP contribution is 2.41. The number of fused-ring (bicyclic) bond motifs is 1. The summed E-state index contributed by atoms with van der Waals surface area (Å²) in [4.78, 5) is 13.0. The Morgan fingerprint density at radius 2 is 1.45 bits per heavy atom. The summed E-state index contributed by atoms with van der Waals surface area (Å²) in [6, 6.07) is 4.98. The summed E-state index contributed by atoms with van der Waals surface area (Å²) in [6.45, 7) is -1.11. The highest BCUT2D eigenvalue weighted by molar-refractivity contribution is 5.86. The fraction of sp³-hybridized carbons (Fsp3) is 0.423. The van der Waals surface area contributed by atoms with E-state index in [1.54, 1.807) is 0 Å². The largest absolute Gasteiger partial charge is 0.507 e. The van der Waals surface area contributed by atoms with Crippen molar-refractivity contribution in [3.05, 3.63) is 40.6 Å². The molecular weight excluding hydrogens is 568 g/mol. The zero-order chi connectivity index (χ0) is 30.5. The van der Waals surface area contributed by atoms with Gasteiger partial charge in [-0.05, 0) is 6.07 Å². The van der Waals surface area contributed by atoms with E-state index < -0.39 is 91.2 Å². The van der Waals surface area contributed by atoms with Crippen molar-refractivity contribution in [2.24, 2.45) is 0 Å². The van der Waals surface area contributed by atoms with Crippen LogP contribution in [-0.4, -0.2) is 120 Å². The van der Waals surface area contributed by atoms with E-state index in [1.807, 2.05) is 0 Å². The average molecular weight is 596 g/mol. The molecular formula is C26H28O16. The second-order valence-electron chi connectivity index (χ2n) is 9.81. The van der Waals surface area contributed by atoms with Gasteiger partial charge >= 0.3 is 0 Å². The summed E-state index contributed by atoms with van der Waals surface area (Å²) in [6.07, 6.45) is -14.3. The van der Waals surface area contributed by atoms with E-state index in [-0.39, 0.29) is 33.8 Å². The molecule has 3 heterocycles. The van der Waals surface area contributed by atoms with E-state index in [0.29, 0.717) is 0 Å². The molecule has 3 aromatic rings. The van der Waals surface area contributed by atoms with E-state index in [4.69, 9.17) is 23.4 Å². The summed E-state index contributed by atoms with van der Waals surface area (Å²) in [5.74, 6) is -2.69. The van der Waals surface area contributed by atoms with Gasteiger partial charge in [-0.15, -0.1) is 0 Å². The van der Waals surface area contributed by atoms with Crippen molar-refractivity contribution in [1.82, 2.24) is 0 Å². The highest BCUT2D eigenvalue weighted by Gasteiger charge is 2.45. The molecule has 0 unspecified atom stereocenters. The Morgan fingerprint density at radius 3 is 2.17 bits per heavy atom. The molecule has 0 radical (unpaired) electrons. The maximum atomic E-state index is 13.0. The van der Waals surface area contributed by atoms with E-state index in [2.05, 4.69) is 0 Å². The van der Waals surface area contributed by atoms with Crippen LogP contribution < -0.4 is 14.9 Å². The molecule has 16 nitrogen and oxygen atoms in total. The van der Waals surface area contributed by atoms with E-state index in [0.717, 1.165) is 30.3 Å².